The number of piperidine rings is 1. The van der Waals surface area contributed by atoms with E-state index >= 15 is 0 Å². The van der Waals surface area contributed by atoms with Crippen molar-refractivity contribution in [3.05, 3.63) is 47.8 Å². The Hall–Kier alpha value is -1.92. The summed E-state index contributed by atoms with van der Waals surface area (Å²) in [4.78, 5) is 14.6. The summed E-state index contributed by atoms with van der Waals surface area (Å²) in [5.41, 5.74) is 7.57. The summed E-state index contributed by atoms with van der Waals surface area (Å²) in [5, 5.41) is 8.15. The molecule has 2 N–H and O–H groups in total. The van der Waals surface area contributed by atoms with Crippen molar-refractivity contribution >= 4 is 18.3 Å². The summed E-state index contributed by atoms with van der Waals surface area (Å²) < 4.78 is 1.70. The first-order valence-electron chi connectivity index (χ1n) is 8.16. The second-order valence-corrected chi connectivity index (χ2v) is 6.21. The summed E-state index contributed by atoms with van der Waals surface area (Å²) in [5.74, 6) is -0.0636. The molecule has 2 aromatic rings. The standard InChI is InChI=1S/C17H23N5O.ClH/c1-13(18)16-9-5-6-10-22(16)17(23)15-12-21(20-19-15)11-14-7-3-2-4-8-14;/h2-4,7-8,12-13,16H,5-6,9-11,18H2,1H3;1H. The lowest BCUT2D eigenvalue weighted by Gasteiger charge is -2.37. The lowest BCUT2D eigenvalue weighted by atomic mass is 9.96. The van der Waals surface area contributed by atoms with Gasteiger partial charge < -0.3 is 10.6 Å². The first kappa shape index (κ1) is 18.4. The van der Waals surface area contributed by atoms with Gasteiger partial charge in [-0.2, -0.15) is 0 Å². The Morgan fingerprint density at radius 3 is 2.79 bits per heavy atom. The lowest BCUT2D eigenvalue weighted by Crippen LogP contribution is -2.51. The summed E-state index contributed by atoms with van der Waals surface area (Å²) >= 11 is 0. The molecule has 1 amide bonds. The molecule has 24 heavy (non-hydrogen) atoms. The number of hydrogen-bond acceptors (Lipinski definition) is 4. The van der Waals surface area contributed by atoms with Crippen molar-refractivity contribution in [2.75, 3.05) is 6.54 Å². The van der Waals surface area contributed by atoms with Crippen molar-refractivity contribution in [2.24, 2.45) is 5.73 Å². The van der Waals surface area contributed by atoms with Crippen LogP contribution < -0.4 is 5.73 Å². The number of nitrogens with two attached hydrogens (primary N) is 1. The number of benzene rings is 1. The first-order chi connectivity index (χ1) is 11.1. The summed E-state index contributed by atoms with van der Waals surface area (Å²) in [6.07, 6.45) is 4.83. The van der Waals surface area contributed by atoms with Gasteiger partial charge in [-0.25, -0.2) is 4.68 Å². The minimum atomic E-state index is -0.0636. The van der Waals surface area contributed by atoms with Crippen molar-refractivity contribution in [3.63, 3.8) is 0 Å². The lowest BCUT2D eigenvalue weighted by molar-refractivity contribution is 0.0577. The largest absolute Gasteiger partial charge is 0.333 e. The fourth-order valence-electron chi connectivity index (χ4n) is 3.15. The molecule has 0 radical (unpaired) electrons. The van der Waals surface area contributed by atoms with Crippen LogP contribution in [0, 0.1) is 0 Å². The second-order valence-electron chi connectivity index (χ2n) is 6.21. The van der Waals surface area contributed by atoms with Crippen molar-refractivity contribution in [1.82, 2.24) is 19.9 Å². The number of aromatic nitrogens is 3. The quantitative estimate of drug-likeness (QED) is 0.916. The van der Waals surface area contributed by atoms with Gasteiger partial charge in [-0.1, -0.05) is 35.5 Å². The SMILES string of the molecule is CC(N)C1CCCCN1C(=O)c1cn(Cc2ccccc2)nn1.Cl. The number of likely N-dealkylation sites (tertiary alicyclic amines) is 1. The third kappa shape index (κ3) is 4.13. The van der Waals surface area contributed by atoms with E-state index < -0.39 is 0 Å². The van der Waals surface area contributed by atoms with Crippen LogP contribution in [-0.4, -0.2) is 44.4 Å². The van der Waals surface area contributed by atoms with Gasteiger partial charge in [0.2, 0.25) is 0 Å². The van der Waals surface area contributed by atoms with Crippen LogP contribution >= 0.6 is 12.4 Å². The zero-order valence-corrected chi connectivity index (χ0v) is 14.7. The van der Waals surface area contributed by atoms with Crippen molar-refractivity contribution in [3.8, 4) is 0 Å². The Balaban J connectivity index is 0.00000208. The number of rotatable bonds is 4. The summed E-state index contributed by atoms with van der Waals surface area (Å²) in [7, 11) is 0. The zero-order chi connectivity index (χ0) is 16.2. The molecular weight excluding hydrogens is 326 g/mol. The van der Waals surface area contributed by atoms with Gasteiger partial charge in [-0.3, -0.25) is 4.79 Å². The van der Waals surface area contributed by atoms with Crippen LogP contribution in [0.3, 0.4) is 0 Å². The van der Waals surface area contributed by atoms with E-state index in [-0.39, 0.29) is 30.4 Å². The number of nitrogens with zero attached hydrogens (tertiary/aromatic N) is 4. The van der Waals surface area contributed by atoms with Crippen LogP contribution in [0.1, 0.15) is 42.2 Å². The number of halogens is 1. The van der Waals surface area contributed by atoms with E-state index in [2.05, 4.69) is 10.3 Å². The van der Waals surface area contributed by atoms with Crippen LogP contribution in [0.2, 0.25) is 0 Å². The van der Waals surface area contributed by atoms with E-state index in [9.17, 15) is 4.79 Å². The smallest absolute Gasteiger partial charge is 0.276 e. The van der Waals surface area contributed by atoms with Crippen molar-refractivity contribution < 1.29 is 4.79 Å². The third-order valence-corrected chi connectivity index (χ3v) is 4.36. The van der Waals surface area contributed by atoms with E-state index in [1.54, 1.807) is 10.9 Å². The zero-order valence-electron chi connectivity index (χ0n) is 13.8. The molecule has 2 atom stereocenters. The highest BCUT2D eigenvalue weighted by atomic mass is 35.5. The molecule has 2 unspecified atom stereocenters. The van der Waals surface area contributed by atoms with Crippen LogP contribution in [0.4, 0.5) is 0 Å². The molecule has 1 fully saturated rings. The number of carbonyl (C=O) groups excluding carboxylic acids is 1. The molecule has 1 aromatic heterocycles. The van der Waals surface area contributed by atoms with Gasteiger partial charge in [0.1, 0.15) is 0 Å². The monoisotopic (exact) mass is 349 g/mol. The third-order valence-electron chi connectivity index (χ3n) is 4.36. The molecule has 0 saturated carbocycles. The molecule has 2 heterocycles. The molecule has 1 saturated heterocycles. The summed E-state index contributed by atoms with van der Waals surface area (Å²) in [6, 6.07) is 10.1. The number of hydrogen-bond donors (Lipinski definition) is 1. The van der Waals surface area contributed by atoms with Gasteiger partial charge in [0.05, 0.1) is 12.7 Å². The van der Waals surface area contributed by atoms with Gasteiger partial charge in [0, 0.05) is 18.6 Å². The van der Waals surface area contributed by atoms with Crippen molar-refractivity contribution in [2.45, 2.75) is 44.8 Å². The average Bonchev–Trinajstić information content (AvgIpc) is 3.03. The molecule has 0 bridgehead atoms. The predicted octanol–water partition coefficient (Wildman–Crippen LogP) is 2.09. The van der Waals surface area contributed by atoms with Crippen molar-refractivity contribution in [1.29, 1.82) is 0 Å². The van der Waals surface area contributed by atoms with E-state index in [1.807, 2.05) is 42.2 Å². The normalized spacial score (nSPS) is 18.8. The van der Waals surface area contributed by atoms with Gasteiger partial charge in [0.15, 0.2) is 5.69 Å². The maximum atomic E-state index is 12.7. The molecule has 1 aliphatic rings. The Bertz CT molecular complexity index is 658. The maximum absolute atomic E-state index is 12.7. The number of carbonyl (C=O) groups is 1. The van der Waals surface area contributed by atoms with Crippen LogP contribution in [0.25, 0.3) is 0 Å². The van der Waals surface area contributed by atoms with Crippen LogP contribution in [0.15, 0.2) is 36.5 Å². The Kier molecular flexibility index (Phi) is 6.34. The fraction of sp³-hybridized carbons (Fsp3) is 0.471. The molecule has 1 aromatic carbocycles. The predicted molar refractivity (Wildman–Crippen MR) is 95.1 cm³/mol. The van der Waals surface area contributed by atoms with E-state index in [4.69, 9.17) is 5.73 Å². The highest BCUT2D eigenvalue weighted by Crippen LogP contribution is 2.21. The molecule has 3 rings (SSSR count). The van der Waals surface area contributed by atoms with Crippen LogP contribution in [0.5, 0.6) is 0 Å². The topological polar surface area (TPSA) is 77.0 Å². The molecule has 0 aliphatic carbocycles. The van der Waals surface area contributed by atoms with E-state index in [0.29, 0.717) is 12.2 Å². The molecule has 1 aliphatic heterocycles. The molecule has 7 heteroatoms. The molecular formula is C17H24ClN5O. The number of amides is 1. The first-order valence-corrected chi connectivity index (χ1v) is 8.16. The highest BCUT2D eigenvalue weighted by Gasteiger charge is 2.31. The van der Waals surface area contributed by atoms with E-state index in [1.165, 1.54) is 0 Å². The second kappa shape index (κ2) is 8.26. The Labute approximate surface area is 148 Å². The molecule has 6 nitrogen and oxygen atoms in total. The van der Waals surface area contributed by atoms with Gasteiger partial charge in [0.25, 0.3) is 5.91 Å². The van der Waals surface area contributed by atoms with Gasteiger partial charge in [-0.05, 0) is 31.7 Å². The summed E-state index contributed by atoms with van der Waals surface area (Å²) in [6.45, 7) is 3.32. The fourth-order valence-corrected chi connectivity index (χ4v) is 3.15. The minimum Gasteiger partial charge on any atom is -0.333 e. The Morgan fingerprint density at radius 1 is 1.33 bits per heavy atom. The molecule has 130 valence electrons. The van der Waals surface area contributed by atoms with Gasteiger partial charge >= 0.3 is 0 Å². The minimum absolute atomic E-state index is 0. The molecule has 0 spiro atoms. The van der Waals surface area contributed by atoms with Gasteiger partial charge in [-0.15, -0.1) is 17.5 Å². The van der Waals surface area contributed by atoms with E-state index in [0.717, 1.165) is 31.4 Å². The highest BCUT2D eigenvalue weighted by molar-refractivity contribution is 5.92. The maximum Gasteiger partial charge on any atom is 0.276 e. The average molecular weight is 350 g/mol. The van der Waals surface area contributed by atoms with Crippen LogP contribution in [-0.2, 0) is 6.54 Å². The Morgan fingerprint density at radius 2 is 2.08 bits per heavy atom.